The molecule has 2 rings (SSSR count). The highest BCUT2D eigenvalue weighted by Crippen LogP contribution is 2.17. The molecule has 0 aromatic carbocycles. The van der Waals surface area contributed by atoms with Crippen molar-refractivity contribution >= 4 is 5.82 Å². The second-order valence-electron chi connectivity index (χ2n) is 5.45. The van der Waals surface area contributed by atoms with Crippen molar-refractivity contribution in [3.8, 4) is 0 Å². The molecule has 1 aliphatic rings. The maximum absolute atomic E-state index is 5.02. The minimum atomic E-state index is 0.749. The lowest BCUT2D eigenvalue weighted by atomic mass is 10.1. The highest BCUT2D eigenvalue weighted by Gasteiger charge is 2.09. The monoisotopic (exact) mass is 277 g/mol. The van der Waals surface area contributed by atoms with Gasteiger partial charge in [0.15, 0.2) is 0 Å². The number of methoxy groups -OCH3 is 1. The molecule has 0 aliphatic carbocycles. The molecule has 0 spiro atoms. The van der Waals surface area contributed by atoms with E-state index >= 15 is 0 Å². The van der Waals surface area contributed by atoms with E-state index in [0.717, 1.165) is 38.6 Å². The summed E-state index contributed by atoms with van der Waals surface area (Å²) in [4.78, 5) is 7.06. The van der Waals surface area contributed by atoms with Gasteiger partial charge in [0.05, 0.1) is 6.61 Å². The molecule has 4 heteroatoms. The third-order valence-electron chi connectivity index (χ3n) is 3.80. The lowest BCUT2D eigenvalue weighted by molar-refractivity contribution is 0.199. The van der Waals surface area contributed by atoms with E-state index in [4.69, 9.17) is 4.74 Å². The zero-order chi connectivity index (χ0) is 14.0. The number of hydrogen-bond donors (Lipinski definition) is 1. The molecule has 0 unspecified atom stereocenters. The zero-order valence-corrected chi connectivity index (χ0v) is 12.6. The molecular formula is C16H27N3O. The fourth-order valence-corrected chi connectivity index (χ4v) is 2.59. The Bertz CT molecular complexity index is 358. The first-order valence-electron chi connectivity index (χ1n) is 7.79. The molecule has 0 amide bonds. The average molecular weight is 277 g/mol. The molecule has 4 nitrogen and oxygen atoms in total. The maximum Gasteiger partial charge on any atom is 0.128 e. The van der Waals surface area contributed by atoms with Crippen LogP contribution >= 0.6 is 0 Å². The van der Waals surface area contributed by atoms with E-state index in [0.29, 0.717) is 0 Å². The summed E-state index contributed by atoms with van der Waals surface area (Å²) in [6, 6.07) is 4.34. The van der Waals surface area contributed by atoms with Crippen molar-refractivity contribution in [3.05, 3.63) is 23.9 Å². The van der Waals surface area contributed by atoms with Gasteiger partial charge < -0.3 is 15.0 Å². The Hall–Kier alpha value is -1.13. The van der Waals surface area contributed by atoms with Crippen LogP contribution in [0, 0.1) is 0 Å². The van der Waals surface area contributed by atoms with Crippen LogP contribution in [0.4, 0.5) is 5.82 Å². The topological polar surface area (TPSA) is 37.4 Å². The molecule has 0 saturated carbocycles. The van der Waals surface area contributed by atoms with Crippen molar-refractivity contribution in [1.29, 1.82) is 0 Å². The van der Waals surface area contributed by atoms with Gasteiger partial charge in [0.2, 0.25) is 0 Å². The summed E-state index contributed by atoms with van der Waals surface area (Å²) in [6.07, 6.45) is 8.70. The van der Waals surface area contributed by atoms with Gasteiger partial charge in [-0.1, -0.05) is 25.3 Å². The van der Waals surface area contributed by atoms with Crippen LogP contribution in [-0.2, 0) is 11.3 Å². The van der Waals surface area contributed by atoms with E-state index in [1.165, 1.54) is 37.7 Å². The number of nitrogens with one attached hydrogen (secondary N) is 1. The zero-order valence-electron chi connectivity index (χ0n) is 12.6. The van der Waals surface area contributed by atoms with Crippen molar-refractivity contribution in [2.24, 2.45) is 0 Å². The molecule has 0 atom stereocenters. The van der Waals surface area contributed by atoms with E-state index in [9.17, 15) is 0 Å². The smallest absolute Gasteiger partial charge is 0.128 e. The summed E-state index contributed by atoms with van der Waals surface area (Å²) >= 11 is 0. The van der Waals surface area contributed by atoms with Gasteiger partial charge in [-0.2, -0.15) is 0 Å². The first-order chi connectivity index (χ1) is 9.90. The largest absolute Gasteiger partial charge is 0.383 e. The van der Waals surface area contributed by atoms with Crippen LogP contribution in [0.2, 0.25) is 0 Å². The third-order valence-corrected chi connectivity index (χ3v) is 3.80. The maximum atomic E-state index is 5.02. The SMILES string of the molecule is COCCNCc1ccc(N2CCCCCCC2)nc1. The number of hydrogen-bond acceptors (Lipinski definition) is 4. The van der Waals surface area contributed by atoms with Gasteiger partial charge in [0.1, 0.15) is 5.82 Å². The Balaban J connectivity index is 1.83. The van der Waals surface area contributed by atoms with Crippen LogP contribution < -0.4 is 10.2 Å². The van der Waals surface area contributed by atoms with Crippen LogP contribution in [0.3, 0.4) is 0 Å². The highest BCUT2D eigenvalue weighted by atomic mass is 16.5. The molecule has 2 heterocycles. The lowest BCUT2D eigenvalue weighted by Crippen LogP contribution is -2.27. The van der Waals surface area contributed by atoms with Gasteiger partial charge in [-0.05, 0) is 24.5 Å². The number of nitrogens with zero attached hydrogens (tertiary/aromatic N) is 2. The average Bonchev–Trinajstić information content (AvgIpc) is 2.44. The minimum Gasteiger partial charge on any atom is -0.383 e. The van der Waals surface area contributed by atoms with Gasteiger partial charge in [0, 0.05) is 39.5 Å². The predicted molar refractivity (Wildman–Crippen MR) is 83.1 cm³/mol. The highest BCUT2D eigenvalue weighted by molar-refractivity contribution is 5.39. The van der Waals surface area contributed by atoms with Crippen molar-refractivity contribution in [1.82, 2.24) is 10.3 Å². The van der Waals surface area contributed by atoms with Crippen molar-refractivity contribution in [2.45, 2.75) is 38.6 Å². The Morgan fingerprint density at radius 2 is 1.90 bits per heavy atom. The third kappa shape index (κ3) is 5.10. The van der Waals surface area contributed by atoms with Gasteiger partial charge in [-0.25, -0.2) is 4.98 Å². The Morgan fingerprint density at radius 3 is 2.55 bits per heavy atom. The summed E-state index contributed by atoms with van der Waals surface area (Å²) in [5.41, 5.74) is 1.23. The summed E-state index contributed by atoms with van der Waals surface area (Å²) in [6.45, 7) is 4.79. The van der Waals surface area contributed by atoms with E-state index < -0.39 is 0 Å². The van der Waals surface area contributed by atoms with Crippen molar-refractivity contribution in [2.75, 3.05) is 38.3 Å². The molecule has 1 aliphatic heterocycles. The molecule has 1 saturated heterocycles. The molecule has 20 heavy (non-hydrogen) atoms. The first kappa shape index (κ1) is 15.3. The molecule has 0 radical (unpaired) electrons. The minimum absolute atomic E-state index is 0.749. The summed E-state index contributed by atoms with van der Waals surface area (Å²) < 4.78 is 5.02. The Morgan fingerprint density at radius 1 is 1.15 bits per heavy atom. The number of anilines is 1. The Kier molecular flexibility index (Phi) is 6.81. The Labute approximate surface area is 122 Å². The number of ether oxygens (including phenoxy) is 1. The van der Waals surface area contributed by atoms with Crippen LogP contribution in [0.15, 0.2) is 18.3 Å². The van der Waals surface area contributed by atoms with Crippen LogP contribution in [0.1, 0.15) is 37.7 Å². The summed E-state index contributed by atoms with van der Waals surface area (Å²) in [7, 11) is 1.72. The fourth-order valence-electron chi connectivity index (χ4n) is 2.59. The van der Waals surface area contributed by atoms with Crippen LogP contribution in [-0.4, -0.2) is 38.3 Å². The number of rotatable bonds is 6. The predicted octanol–water partition coefficient (Wildman–Crippen LogP) is 2.59. The van der Waals surface area contributed by atoms with Gasteiger partial charge in [-0.15, -0.1) is 0 Å². The second kappa shape index (κ2) is 8.93. The summed E-state index contributed by atoms with van der Waals surface area (Å²) in [5, 5.41) is 3.34. The molecule has 112 valence electrons. The standard InChI is InChI=1S/C16H27N3O/c1-20-12-9-17-13-15-7-8-16(18-14-15)19-10-5-3-2-4-6-11-19/h7-8,14,17H,2-6,9-13H2,1H3. The van der Waals surface area contributed by atoms with E-state index in [1.807, 2.05) is 6.20 Å². The lowest BCUT2D eigenvalue weighted by Gasteiger charge is -2.25. The first-order valence-corrected chi connectivity index (χ1v) is 7.79. The molecule has 1 aromatic rings. The molecular weight excluding hydrogens is 250 g/mol. The van der Waals surface area contributed by atoms with Crippen LogP contribution in [0.5, 0.6) is 0 Å². The molecule has 0 bridgehead atoms. The normalized spacial score (nSPS) is 16.8. The van der Waals surface area contributed by atoms with E-state index in [1.54, 1.807) is 7.11 Å². The number of aromatic nitrogens is 1. The molecule has 1 fully saturated rings. The van der Waals surface area contributed by atoms with Crippen molar-refractivity contribution in [3.63, 3.8) is 0 Å². The molecule has 1 N–H and O–H groups in total. The second-order valence-corrected chi connectivity index (χ2v) is 5.45. The van der Waals surface area contributed by atoms with Crippen LogP contribution in [0.25, 0.3) is 0 Å². The van der Waals surface area contributed by atoms with Crippen molar-refractivity contribution < 1.29 is 4.74 Å². The van der Waals surface area contributed by atoms with E-state index in [-0.39, 0.29) is 0 Å². The van der Waals surface area contributed by atoms with Gasteiger partial charge in [-0.3, -0.25) is 0 Å². The van der Waals surface area contributed by atoms with Gasteiger partial charge in [0.25, 0.3) is 0 Å². The fraction of sp³-hybridized carbons (Fsp3) is 0.688. The quantitative estimate of drug-likeness (QED) is 0.811. The molecule has 1 aromatic heterocycles. The van der Waals surface area contributed by atoms with E-state index in [2.05, 4.69) is 27.3 Å². The summed E-state index contributed by atoms with van der Waals surface area (Å²) in [5.74, 6) is 1.13. The van der Waals surface area contributed by atoms with Gasteiger partial charge >= 0.3 is 0 Å². The number of pyridine rings is 1.